The van der Waals surface area contributed by atoms with E-state index in [-0.39, 0.29) is 5.82 Å². The van der Waals surface area contributed by atoms with Crippen LogP contribution in [0.3, 0.4) is 0 Å². The average molecular weight is 468 g/mol. The van der Waals surface area contributed by atoms with Crippen molar-refractivity contribution in [1.82, 2.24) is 15.1 Å². The SMILES string of the molecule is C=C(NCc1ccc(OCC(C)C)cc1)N(Cc1ccc(F)cc1)C1[C@@H]2COC[C@H]1CN(C)C2. The quantitative estimate of drug-likeness (QED) is 0.557. The van der Waals surface area contributed by atoms with Crippen molar-refractivity contribution >= 4 is 0 Å². The van der Waals surface area contributed by atoms with Gasteiger partial charge in [0.1, 0.15) is 11.6 Å². The average Bonchev–Trinajstić information content (AvgIpc) is 2.81. The van der Waals surface area contributed by atoms with E-state index in [1.54, 1.807) is 0 Å². The summed E-state index contributed by atoms with van der Waals surface area (Å²) in [5.41, 5.74) is 2.25. The summed E-state index contributed by atoms with van der Waals surface area (Å²) in [6, 6.07) is 15.4. The Kier molecular flexibility index (Phi) is 8.11. The first kappa shape index (κ1) is 24.6. The maximum absolute atomic E-state index is 13.5. The van der Waals surface area contributed by atoms with Crippen molar-refractivity contribution < 1.29 is 13.9 Å². The zero-order chi connectivity index (χ0) is 24.1. The van der Waals surface area contributed by atoms with Crippen LogP contribution in [-0.2, 0) is 17.8 Å². The van der Waals surface area contributed by atoms with Gasteiger partial charge in [-0.15, -0.1) is 0 Å². The molecule has 2 fully saturated rings. The minimum atomic E-state index is -0.211. The molecule has 34 heavy (non-hydrogen) atoms. The van der Waals surface area contributed by atoms with Crippen LogP contribution in [0.1, 0.15) is 25.0 Å². The summed E-state index contributed by atoms with van der Waals surface area (Å²) in [7, 11) is 2.19. The summed E-state index contributed by atoms with van der Waals surface area (Å²) in [6.07, 6.45) is 0. The van der Waals surface area contributed by atoms with E-state index in [4.69, 9.17) is 9.47 Å². The molecule has 2 aliphatic heterocycles. The largest absolute Gasteiger partial charge is 0.493 e. The lowest BCUT2D eigenvalue weighted by Gasteiger charge is -2.51. The standard InChI is InChI=1S/C28H38FN3O2/c1-20(2)17-34-27-11-7-22(8-12-27)13-30-21(3)32(14-23-5-9-26(29)10-6-23)28-24-15-31(4)16-25(28)19-33-18-24/h5-12,20,24-25,28,30H,3,13-19H2,1-2,4H3/t24-,25+,28?. The van der Waals surface area contributed by atoms with Crippen LogP contribution < -0.4 is 10.1 Å². The second-order valence-electron chi connectivity index (χ2n) is 10.2. The van der Waals surface area contributed by atoms with E-state index in [0.29, 0.717) is 36.9 Å². The Morgan fingerprint density at radius 3 is 2.32 bits per heavy atom. The Balaban J connectivity index is 1.46. The highest BCUT2D eigenvalue weighted by atomic mass is 19.1. The molecule has 0 aromatic heterocycles. The highest BCUT2D eigenvalue weighted by Gasteiger charge is 2.42. The van der Waals surface area contributed by atoms with Gasteiger partial charge in [-0.2, -0.15) is 0 Å². The highest BCUT2D eigenvalue weighted by Crippen LogP contribution is 2.33. The minimum absolute atomic E-state index is 0.211. The van der Waals surface area contributed by atoms with E-state index < -0.39 is 0 Å². The van der Waals surface area contributed by atoms with Gasteiger partial charge in [0.2, 0.25) is 0 Å². The van der Waals surface area contributed by atoms with Crippen LogP contribution >= 0.6 is 0 Å². The van der Waals surface area contributed by atoms with E-state index in [0.717, 1.165) is 50.0 Å². The molecule has 0 spiro atoms. The Morgan fingerprint density at radius 2 is 1.71 bits per heavy atom. The van der Waals surface area contributed by atoms with Gasteiger partial charge in [-0.3, -0.25) is 0 Å². The number of nitrogens with zero attached hydrogens (tertiary/aromatic N) is 2. The van der Waals surface area contributed by atoms with Crippen LogP contribution in [0.15, 0.2) is 60.9 Å². The van der Waals surface area contributed by atoms with Crippen molar-refractivity contribution in [1.29, 1.82) is 0 Å². The lowest BCUT2D eigenvalue weighted by atomic mass is 9.81. The summed E-state index contributed by atoms with van der Waals surface area (Å²) in [5.74, 6) is 2.91. The van der Waals surface area contributed by atoms with E-state index in [9.17, 15) is 4.39 Å². The zero-order valence-electron chi connectivity index (χ0n) is 20.7. The first-order chi connectivity index (χ1) is 16.4. The van der Waals surface area contributed by atoms with Crippen LogP contribution in [0.25, 0.3) is 0 Å². The molecule has 1 N–H and O–H groups in total. The van der Waals surface area contributed by atoms with Crippen LogP contribution in [0.5, 0.6) is 5.75 Å². The molecule has 3 atom stereocenters. The molecule has 2 aliphatic rings. The molecule has 2 saturated heterocycles. The van der Waals surface area contributed by atoms with Crippen molar-refractivity contribution in [3.05, 3.63) is 77.9 Å². The monoisotopic (exact) mass is 467 g/mol. The first-order valence-corrected chi connectivity index (χ1v) is 12.3. The summed E-state index contributed by atoms with van der Waals surface area (Å²) in [4.78, 5) is 4.79. The molecule has 2 aromatic carbocycles. The fraction of sp³-hybridized carbons (Fsp3) is 0.500. The van der Waals surface area contributed by atoms with Gasteiger partial charge in [0.25, 0.3) is 0 Å². The highest BCUT2D eigenvalue weighted by molar-refractivity contribution is 5.27. The zero-order valence-corrected chi connectivity index (χ0v) is 20.7. The number of benzene rings is 2. The summed E-state index contributed by atoms with van der Waals surface area (Å²) < 4.78 is 25.2. The second-order valence-corrected chi connectivity index (χ2v) is 10.2. The van der Waals surface area contributed by atoms with Crippen molar-refractivity contribution in [2.45, 2.75) is 33.0 Å². The lowest BCUT2D eigenvalue weighted by molar-refractivity contribution is -0.0921. The van der Waals surface area contributed by atoms with Crippen LogP contribution in [0.2, 0.25) is 0 Å². The number of hydrogen-bond donors (Lipinski definition) is 1. The Labute approximate surface area is 203 Å². The summed E-state index contributed by atoms with van der Waals surface area (Å²) in [5, 5.41) is 3.56. The van der Waals surface area contributed by atoms with Crippen LogP contribution in [0.4, 0.5) is 4.39 Å². The fourth-order valence-electron chi connectivity index (χ4n) is 5.10. The normalized spacial score (nSPS) is 22.4. The third kappa shape index (κ3) is 6.30. The fourth-order valence-corrected chi connectivity index (χ4v) is 5.10. The molecule has 0 saturated carbocycles. The molecular weight excluding hydrogens is 429 g/mol. The van der Waals surface area contributed by atoms with Gasteiger partial charge in [0, 0.05) is 44.1 Å². The minimum Gasteiger partial charge on any atom is -0.493 e. The molecule has 0 radical (unpaired) electrons. The van der Waals surface area contributed by atoms with Crippen LogP contribution in [-0.4, -0.2) is 55.8 Å². The number of hydrogen-bond acceptors (Lipinski definition) is 5. The molecule has 4 rings (SSSR count). The van der Waals surface area contributed by atoms with Gasteiger partial charge >= 0.3 is 0 Å². The Hall–Kier alpha value is -2.57. The van der Waals surface area contributed by atoms with Crippen molar-refractivity contribution in [3.63, 3.8) is 0 Å². The molecule has 6 heteroatoms. The topological polar surface area (TPSA) is 37.0 Å². The number of likely N-dealkylation sites (tertiary alicyclic amines) is 1. The van der Waals surface area contributed by atoms with Gasteiger partial charge in [0.15, 0.2) is 0 Å². The predicted molar refractivity (Wildman–Crippen MR) is 134 cm³/mol. The van der Waals surface area contributed by atoms with Gasteiger partial charge in [-0.05, 0) is 48.4 Å². The lowest BCUT2D eigenvalue weighted by Crippen LogP contribution is -2.60. The molecule has 2 aromatic rings. The molecule has 0 aliphatic carbocycles. The number of halogens is 1. The van der Waals surface area contributed by atoms with Gasteiger partial charge < -0.3 is 24.6 Å². The van der Waals surface area contributed by atoms with Crippen molar-refractivity contribution in [2.75, 3.05) is 40.0 Å². The van der Waals surface area contributed by atoms with Crippen LogP contribution in [0, 0.1) is 23.6 Å². The molecule has 5 nitrogen and oxygen atoms in total. The number of piperidine rings is 1. The molecule has 0 amide bonds. The van der Waals surface area contributed by atoms with Gasteiger partial charge in [-0.1, -0.05) is 44.7 Å². The smallest absolute Gasteiger partial charge is 0.123 e. The first-order valence-electron chi connectivity index (χ1n) is 12.3. The molecular formula is C28H38FN3O2. The van der Waals surface area contributed by atoms with E-state index in [1.165, 1.54) is 17.7 Å². The number of fused-ring (bicyclic) bond motifs is 2. The Bertz CT molecular complexity index is 918. The summed E-state index contributed by atoms with van der Waals surface area (Å²) >= 11 is 0. The van der Waals surface area contributed by atoms with Gasteiger partial charge in [0.05, 0.1) is 25.6 Å². The molecule has 2 bridgehead atoms. The predicted octanol–water partition coefficient (Wildman–Crippen LogP) is 4.50. The number of ether oxygens (including phenoxy) is 2. The van der Waals surface area contributed by atoms with Crippen molar-refractivity contribution in [3.8, 4) is 5.75 Å². The number of rotatable bonds is 10. The molecule has 2 heterocycles. The molecule has 1 unspecified atom stereocenters. The maximum atomic E-state index is 13.5. The van der Waals surface area contributed by atoms with Crippen molar-refractivity contribution in [2.24, 2.45) is 17.8 Å². The Morgan fingerprint density at radius 1 is 1.09 bits per heavy atom. The van der Waals surface area contributed by atoms with E-state index in [1.807, 2.05) is 24.3 Å². The maximum Gasteiger partial charge on any atom is 0.123 e. The van der Waals surface area contributed by atoms with Gasteiger partial charge in [-0.25, -0.2) is 4.39 Å². The van der Waals surface area contributed by atoms with E-state index >= 15 is 0 Å². The third-order valence-electron chi connectivity index (χ3n) is 6.70. The molecule has 184 valence electrons. The second kappa shape index (κ2) is 11.2. The third-order valence-corrected chi connectivity index (χ3v) is 6.70. The number of nitrogens with one attached hydrogen (secondary N) is 1. The van der Waals surface area contributed by atoms with E-state index in [2.05, 4.69) is 54.7 Å². The summed E-state index contributed by atoms with van der Waals surface area (Å²) in [6.45, 7) is 14.3.